The molecule has 7 heteroatoms. The number of carbonyl (C=O) groups excluding carboxylic acids is 2. The van der Waals surface area contributed by atoms with Crippen LogP contribution in [-0.4, -0.2) is 42.6 Å². The van der Waals surface area contributed by atoms with Crippen molar-refractivity contribution in [2.24, 2.45) is 0 Å². The summed E-state index contributed by atoms with van der Waals surface area (Å²) < 4.78 is 10.9. The van der Waals surface area contributed by atoms with Gasteiger partial charge in [0.2, 0.25) is 18.6 Å². The fourth-order valence-corrected chi connectivity index (χ4v) is 4.68. The van der Waals surface area contributed by atoms with Crippen LogP contribution in [0.1, 0.15) is 51.9 Å². The van der Waals surface area contributed by atoms with Crippen molar-refractivity contribution in [2.45, 2.75) is 50.9 Å². The number of nitrogens with zero attached hydrogens (tertiary/aromatic N) is 1. The molecule has 0 atom stereocenters. The van der Waals surface area contributed by atoms with E-state index in [1.54, 1.807) is 19.0 Å². The molecule has 0 unspecified atom stereocenters. The van der Waals surface area contributed by atoms with Gasteiger partial charge < -0.3 is 24.7 Å². The summed E-state index contributed by atoms with van der Waals surface area (Å²) in [6.45, 7) is 6.61. The molecule has 0 spiro atoms. The summed E-state index contributed by atoms with van der Waals surface area (Å²) in [4.78, 5) is 31.1. The molecule has 2 aliphatic rings. The van der Waals surface area contributed by atoms with E-state index in [0.29, 0.717) is 17.9 Å². The fraction of sp³-hybridized carbons (Fsp3) is 0.407. The molecule has 2 amide bonds. The highest BCUT2D eigenvalue weighted by molar-refractivity contribution is 6.03. The maximum Gasteiger partial charge on any atom is 0.235 e. The zero-order valence-corrected chi connectivity index (χ0v) is 20.4. The van der Waals surface area contributed by atoms with Crippen molar-refractivity contribution in [2.75, 3.05) is 26.2 Å². The fourth-order valence-electron chi connectivity index (χ4n) is 4.68. The molecule has 0 saturated heterocycles. The summed E-state index contributed by atoms with van der Waals surface area (Å²) in [6.07, 6.45) is 1.89. The van der Waals surface area contributed by atoms with Gasteiger partial charge in [0, 0.05) is 43.2 Å². The summed E-state index contributed by atoms with van der Waals surface area (Å²) in [5, 5.41) is 4.10. The number of hydrogen-bond acceptors (Lipinski definition) is 4. The van der Waals surface area contributed by atoms with Crippen LogP contribution in [0.15, 0.2) is 36.4 Å². The van der Waals surface area contributed by atoms with Gasteiger partial charge in [0.25, 0.3) is 0 Å². The largest absolute Gasteiger partial charge is 0.454 e. The zero-order chi connectivity index (χ0) is 24.3. The average molecular weight is 464 g/mol. The Hall–Kier alpha value is -3.48. The summed E-state index contributed by atoms with van der Waals surface area (Å²) in [6, 6.07) is 11.6. The SMILES string of the molecule is CN(C)C(=O)Cc1c(C(C)(C)C)[nH]c2ccc(NC(=O)C3(c4ccc5c(c4)OCO5)CC3)cc12.[HH]. The lowest BCUT2D eigenvalue weighted by Crippen LogP contribution is -2.27. The average Bonchev–Trinajstić information content (AvgIpc) is 3.32. The van der Waals surface area contributed by atoms with Crippen molar-refractivity contribution >= 4 is 28.4 Å². The van der Waals surface area contributed by atoms with Crippen LogP contribution in [0.2, 0.25) is 0 Å². The second-order valence-corrected chi connectivity index (χ2v) is 10.6. The number of amides is 2. The number of carbonyl (C=O) groups is 2. The third-order valence-corrected chi connectivity index (χ3v) is 6.85. The molecule has 2 heterocycles. The van der Waals surface area contributed by atoms with E-state index in [1.165, 1.54) is 0 Å². The first-order valence-corrected chi connectivity index (χ1v) is 11.7. The van der Waals surface area contributed by atoms with E-state index in [0.717, 1.165) is 46.3 Å². The quantitative estimate of drug-likeness (QED) is 0.572. The van der Waals surface area contributed by atoms with Crippen LogP contribution in [-0.2, 0) is 26.8 Å². The van der Waals surface area contributed by atoms with E-state index in [2.05, 4.69) is 31.1 Å². The number of aromatic nitrogens is 1. The highest BCUT2D eigenvalue weighted by atomic mass is 16.7. The number of nitrogens with one attached hydrogen (secondary N) is 2. The summed E-state index contributed by atoms with van der Waals surface area (Å²) in [7, 11) is 3.54. The molecular formula is C27H33N3O4. The van der Waals surface area contributed by atoms with Crippen LogP contribution in [0, 0.1) is 0 Å². The maximum atomic E-state index is 13.4. The Morgan fingerprint density at radius 1 is 1.09 bits per heavy atom. The van der Waals surface area contributed by atoms with Gasteiger partial charge in [-0.25, -0.2) is 0 Å². The van der Waals surface area contributed by atoms with E-state index < -0.39 is 5.41 Å². The Balaban J connectivity index is 0.00000289. The molecule has 2 N–H and O–H groups in total. The predicted molar refractivity (Wildman–Crippen MR) is 134 cm³/mol. The lowest BCUT2D eigenvalue weighted by atomic mass is 9.87. The highest BCUT2D eigenvalue weighted by Crippen LogP contribution is 2.51. The van der Waals surface area contributed by atoms with Gasteiger partial charge in [-0.3, -0.25) is 9.59 Å². The number of ether oxygens (including phenoxy) is 2. The Morgan fingerprint density at radius 3 is 2.50 bits per heavy atom. The van der Waals surface area contributed by atoms with Crippen molar-refractivity contribution in [1.82, 2.24) is 9.88 Å². The first kappa shape index (κ1) is 22.3. The molecule has 34 heavy (non-hydrogen) atoms. The summed E-state index contributed by atoms with van der Waals surface area (Å²) in [5.74, 6) is 1.42. The Labute approximate surface area is 200 Å². The Bertz CT molecular complexity index is 1300. The van der Waals surface area contributed by atoms with Crippen LogP contribution in [0.4, 0.5) is 5.69 Å². The molecule has 180 valence electrons. The number of likely N-dealkylation sites (N-methyl/N-ethyl adjacent to an activating group) is 1. The number of hydrogen-bond donors (Lipinski definition) is 2. The normalized spacial score (nSPS) is 15.9. The third-order valence-electron chi connectivity index (χ3n) is 6.85. The van der Waals surface area contributed by atoms with Crippen LogP contribution in [0.5, 0.6) is 11.5 Å². The number of H-pyrrole nitrogens is 1. The molecule has 1 saturated carbocycles. The molecule has 1 aliphatic carbocycles. The second kappa shape index (κ2) is 7.79. The number of rotatable bonds is 5. The van der Waals surface area contributed by atoms with E-state index in [9.17, 15) is 9.59 Å². The minimum absolute atomic E-state index is 0. The molecule has 0 bridgehead atoms. The topological polar surface area (TPSA) is 83.7 Å². The first-order valence-electron chi connectivity index (χ1n) is 11.7. The Morgan fingerprint density at radius 2 is 1.82 bits per heavy atom. The van der Waals surface area contributed by atoms with E-state index in [4.69, 9.17) is 9.47 Å². The number of benzene rings is 2. The monoisotopic (exact) mass is 463 g/mol. The Kier molecular flexibility index (Phi) is 5.11. The van der Waals surface area contributed by atoms with Crippen molar-refractivity contribution in [1.29, 1.82) is 0 Å². The molecule has 7 nitrogen and oxygen atoms in total. The number of anilines is 1. The van der Waals surface area contributed by atoms with Crippen LogP contribution < -0.4 is 14.8 Å². The summed E-state index contributed by atoms with van der Waals surface area (Å²) >= 11 is 0. The standard InChI is InChI=1S/C27H31N3O4.H2/c1-26(2,3)24-19(14-23(31)30(4)5)18-13-17(7-8-20(18)29-24)28-25(32)27(10-11-27)16-6-9-21-22(12-16)34-15-33-21;/h6-9,12-13,29H,10-11,14-15H2,1-5H3,(H,28,32);1H. The number of aromatic amines is 1. The summed E-state index contributed by atoms with van der Waals surface area (Å²) in [5.41, 5.74) is 3.96. The van der Waals surface area contributed by atoms with Gasteiger partial charge in [-0.1, -0.05) is 26.8 Å². The maximum absolute atomic E-state index is 13.4. The predicted octanol–water partition coefficient (Wildman–Crippen LogP) is 4.74. The van der Waals surface area contributed by atoms with Crippen LogP contribution in [0.3, 0.4) is 0 Å². The van der Waals surface area contributed by atoms with Gasteiger partial charge in [-0.2, -0.15) is 0 Å². The van der Waals surface area contributed by atoms with Crippen molar-refractivity contribution in [3.8, 4) is 11.5 Å². The van der Waals surface area contributed by atoms with Crippen LogP contribution in [0.25, 0.3) is 10.9 Å². The molecule has 0 radical (unpaired) electrons. The molecule has 1 aromatic heterocycles. The van der Waals surface area contributed by atoms with Crippen molar-refractivity contribution in [3.05, 3.63) is 53.2 Å². The van der Waals surface area contributed by atoms with Gasteiger partial charge in [0.15, 0.2) is 11.5 Å². The zero-order valence-electron chi connectivity index (χ0n) is 20.4. The van der Waals surface area contributed by atoms with Crippen molar-refractivity contribution in [3.63, 3.8) is 0 Å². The van der Waals surface area contributed by atoms with Crippen LogP contribution >= 0.6 is 0 Å². The lowest BCUT2D eigenvalue weighted by Gasteiger charge is -2.20. The molecule has 5 rings (SSSR count). The number of fused-ring (bicyclic) bond motifs is 2. The molecule has 3 aromatic rings. The lowest BCUT2D eigenvalue weighted by molar-refractivity contribution is -0.128. The van der Waals surface area contributed by atoms with E-state index in [1.807, 2.05) is 36.4 Å². The first-order chi connectivity index (χ1) is 16.1. The molecular weight excluding hydrogens is 430 g/mol. The molecule has 2 aromatic carbocycles. The van der Waals surface area contributed by atoms with Crippen molar-refractivity contribution < 1.29 is 20.5 Å². The van der Waals surface area contributed by atoms with Gasteiger partial charge in [-0.05, 0) is 54.3 Å². The minimum atomic E-state index is -0.547. The smallest absolute Gasteiger partial charge is 0.235 e. The second-order valence-electron chi connectivity index (χ2n) is 10.6. The third kappa shape index (κ3) is 3.79. The molecule has 1 aliphatic heterocycles. The van der Waals surface area contributed by atoms with E-state index >= 15 is 0 Å². The van der Waals surface area contributed by atoms with E-state index in [-0.39, 0.29) is 25.4 Å². The van der Waals surface area contributed by atoms with Gasteiger partial charge in [0.1, 0.15) is 0 Å². The highest BCUT2D eigenvalue weighted by Gasteiger charge is 2.51. The van der Waals surface area contributed by atoms with Gasteiger partial charge >= 0.3 is 0 Å². The van der Waals surface area contributed by atoms with Gasteiger partial charge in [0.05, 0.1) is 11.8 Å². The minimum Gasteiger partial charge on any atom is -0.454 e. The molecule has 1 fully saturated rings. The van der Waals surface area contributed by atoms with Gasteiger partial charge in [-0.15, -0.1) is 0 Å².